The van der Waals surface area contributed by atoms with E-state index in [-0.39, 0.29) is 0 Å². The molecule has 1 aromatic carbocycles. The average molecular weight is 223 g/mol. The van der Waals surface area contributed by atoms with Gasteiger partial charge in [-0.1, -0.05) is 23.7 Å². The molecule has 3 heteroatoms. The molecule has 1 nitrogen and oxygen atoms in total. The van der Waals surface area contributed by atoms with Gasteiger partial charge in [-0.3, -0.25) is 4.79 Å². The normalized spacial score (nSPS) is 10.1. The highest BCUT2D eigenvalue weighted by Gasteiger charge is 2.02. The number of carbonyl (C=O) groups excluding carboxylic acids is 1. The first-order valence-electron chi connectivity index (χ1n) is 4.10. The first-order chi connectivity index (χ1) is 6.79. The Balaban J connectivity index is 2.43. The third kappa shape index (κ3) is 1.86. The van der Waals surface area contributed by atoms with Crippen LogP contribution in [-0.2, 0) is 0 Å². The topological polar surface area (TPSA) is 17.1 Å². The summed E-state index contributed by atoms with van der Waals surface area (Å²) in [5, 5.41) is 0.712. The Morgan fingerprint density at radius 2 is 2.07 bits per heavy atom. The molecule has 1 heterocycles. The molecule has 0 aliphatic rings. The predicted octanol–water partition coefficient (Wildman–Crippen LogP) is 3.88. The second-order valence-corrected chi connectivity index (χ2v) is 4.38. The quantitative estimate of drug-likeness (QED) is 0.705. The van der Waals surface area contributed by atoms with Gasteiger partial charge in [0.2, 0.25) is 0 Å². The SMILES string of the molecule is O=Cc1ccc(-c2cccc(Cl)c2)s1. The largest absolute Gasteiger partial charge is 0.297 e. The molecule has 0 saturated heterocycles. The second-order valence-electron chi connectivity index (χ2n) is 2.83. The van der Waals surface area contributed by atoms with Crippen LogP contribution in [-0.4, -0.2) is 6.29 Å². The number of halogens is 1. The fraction of sp³-hybridized carbons (Fsp3) is 0. The van der Waals surface area contributed by atoms with Gasteiger partial charge in [0, 0.05) is 9.90 Å². The number of thiophene rings is 1. The highest BCUT2D eigenvalue weighted by Crippen LogP contribution is 2.28. The van der Waals surface area contributed by atoms with Crippen molar-refractivity contribution in [1.82, 2.24) is 0 Å². The third-order valence-corrected chi connectivity index (χ3v) is 3.15. The zero-order chi connectivity index (χ0) is 9.97. The van der Waals surface area contributed by atoms with Gasteiger partial charge >= 0.3 is 0 Å². The average Bonchev–Trinajstić information content (AvgIpc) is 2.66. The van der Waals surface area contributed by atoms with Gasteiger partial charge in [-0.25, -0.2) is 0 Å². The van der Waals surface area contributed by atoms with Crippen LogP contribution >= 0.6 is 22.9 Å². The minimum absolute atomic E-state index is 0.712. The van der Waals surface area contributed by atoms with Gasteiger partial charge in [-0.15, -0.1) is 11.3 Å². The molecular formula is C11H7ClOS. The molecule has 0 aliphatic heterocycles. The summed E-state index contributed by atoms with van der Waals surface area (Å²) in [5.41, 5.74) is 1.05. The minimum atomic E-state index is 0.712. The van der Waals surface area contributed by atoms with Crippen LogP contribution in [0.1, 0.15) is 9.67 Å². The molecule has 0 spiro atoms. The van der Waals surface area contributed by atoms with Gasteiger partial charge < -0.3 is 0 Å². The lowest BCUT2D eigenvalue weighted by Gasteiger charge is -1.96. The van der Waals surface area contributed by atoms with Gasteiger partial charge in [0.25, 0.3) is 0 Å². The Morgan fingerprint density at radius 1 is 1.21 bits per heavy atom. The lowest BCUT2D eigenvalue weighted by molar-refractivity contribution is 0.112. The zero-order valence-corrected chi connectivity index (χ0v) is 8.81. The van der Waals surface area contributed by atoms with Gasteiger partial charge in [0.1, 0.15) is 0 Å². The molecule has 0 aliphatic carbocycles. The van der Waals surface area contributed by atoms with E-state index in [2.05, 4.69) is 0 Å². The monoisotopic (exact) mass is 222 g/mol. The number of hydrogen-bond acceptors (Lipinski definition) is 2. The van der Waals surface area contributed by atoms with Crippen molar-refractivity contribution in [3.05, 3.63) is 46.3 Å². The molecule has 1 aromatic heterocycles. The van der Waals surface area contributed by atoms with Crippen molar-refractivity contribution in [3.8, 4) is 10.4 Å². The van der Waals surface area contributed by atoms with E-state index in [0.717, 1.165) is 21.6 Å². The number of carbonyl (C=O) groups is 1. The molecule has 0 unspecified atom stereocenters. The zero-order valence-electron chi connectivity index (χ0n) is 7.24. The van der Waals surface area contributed by atoms with Crippen LogP contribution < -0.4 is 0 Å². The minimum Gasteiger partial charge on any atom is -0.297 e. The van der Waals surface area contributed by atoms with Gasteiger partial charge in [-0.2, -0.15) is 0 Å². The van der Waals surface area contributed by atoms with Crippen molar-refractivity contribution in [3.63, 3.8) is 0 Å². The highest BCUT2D eigenvalue weighted by atomic mass is 35.5. The molecule has 2 aromatic rings. The smallest absolute Gasteiger partial charge is 0.160 e. The summed E-state index contributed by atoms with van der Waals surface area (Å²) in [5.74, 6) is 0. The van der Waals surface area contributed by atoms with Crippen LogP contribution in [0.5, 0.6) is 0 Å². The fourth-order valence-corrected chi connectivity index (χ4v) is 2.22. The van der Waals surface area contributed by atoms with Crippen LogP contribution in [0.2, 0.25) is 5.02 Å². The number of hydrogen-bond donors (Lipinski definition) is 0. The predicted molar refractivity (Wildman–Crippen MR) is 60.2 cm³/mol. The summed E-state index contributed by atoms with van der Waals surface area (Å²) < 4.78 is 0. The Bertz CT molecular complexity index is 462. The molecule has 0 atom stereocenters. The van der Waals surface area contributed by atoms with Crippen LogP contribution in [0, 0.1) is 0 Å². The van der Waals surface area contributed by atoms with E-state index >= 15 is 0 Å². The molecule has 2 rings (SSSR count). The van der Waals surface area contributed by atoms with Crippen LogP contribution in [0.15, 0.2) is 36.4 Å². The molecule has 0 radical (unpaired) electrons. The summed E-state index contributed by atoms with van der Waals surface area (Å²) in [6, 6.07) is 11.3. The van der Waals surface area contributed by atoms with Crippen molar-refractivity contribution in [2.75, 3.05) is 0 Å². The van der Waals surface area contributed by atoms with Gasteiger partial charge in [-0.05, 0) is 29.8 Å². The standard InChI is InChI=1S/C11H7ClOS/c12-9-3-1-2-8(6-9)11-5-4-10(7-13)14-11/h1-7H. The molecule has 0 saturated carbocycles. The van der Waals surface area contributed by atoms with Gasteiger partial charge in [0.15, 0.2) is 6.29 Å². The molecule has 0 amide bonds. The number of benzene rings is 1. The molecule has 0 bridgehead atoms. The van der Waals surface area contributed by atoms with Crippen LogP contribution in [0.25, 0.3) is 10.4 Å². The number of rotatable bonds is 2. The Morgan fingerprint density at radius 3 is 2.71 bits per heavy atom. The van der Waals surface area contributed by atoms with E-state index in [0.29, 0.717) is 5.02 Å². The van der Waals surface area contributed by atoms with Gasteiger partial charge in [0.05, 0.1) is 4.88 Å². The van der Waals surface area contributed by atoms with E-state index in [1.807, 2.05) is 36.4 Å². The van der Waals surface area contributed by atoms with Crippen molar-refractivity contribution >= 4 is 29.2 Å². The molecule has 0 N–H and O–H groups in total. The van der Waals surface area contributed by atoms with Crippen molar-refractivity contribution in [2.24, 2.45) is 0 Å². The summed E-state index contributed by atoms with van der Waals surface area (Å²) in [6.45, 7) is 0. The summed E-state index contributed by atoms with van der Waals surface area (Å²) in [4.78, 5) is 12.3. The molecular weight excluding hydrogens is 216 g/mol. The molecule has 70 valence electrons. The second kappa shape index (κ2) is 3.95. The molecule has 0 fully saturated rings. The summed E-state index contributed by atoms with van der Waals surface area (Å²) in [6.07, 6.45) is 0.860. The van der Waals surface area contributed by atoms with E-state index in [9.17, 15) is 4.79 Å². The molecule has 14 heavy (non-hydrogen) atoms. The van der Waals surface area contributed by atoms with Crippen LogP contribution in [0.4, 0.5) is 0 Å². The van der Waals surface area contributed by atoms with E-state index in [1.165, 1.54) is 11.3 Å². The van der Waals surface area contributed by atoms with E-state index < -0.39 is 0 Å². The maximum atomic E-state index is 10.5. The third-order valence-electron chi connectivity index (χ3n) is 1.85. The fourth-order valence-electron chi connectivity index (χ4n) is 1.21. The summed E-state index contributed by atoms with van der Waals surface area (Å²) in [7, 11) is 0. The Kier molecular flexibility index (Phi) is 2.66. The maximum Gasteiger partial charge on any atom is 0.160 e. The lowest BCUT2D eigenvalue weighted by atomic mass is 10.2. The first-order valence-corrected chi connectivity index (χ1v) is 5.30. The Labute approximate surface area is 91.0 Å². The number of aldehydes is 1. The highest BCUT2D eigenvalue weighted by molar-refractivity contribution is 7.17. The first kappa shape index (κ1) is 9.44. The van der Waals surface area contributed by atoms with Crippen LogP contribution in [0.3, 0.4) is 0 Å². The van der Waals surface area contributed by atoms with E-state index in [1.54, 1.807) is 0 Å². The van der Waals surface area contributed by atoms with Crippen molar-refractivity contribution in [1.29, 1.82) is 0 Å². The lowest BCUT2D eigenvalue weighted by Crippen LogP contribution is -1.70. The van der Waals surface area contributed by atoms with Crippen molar-refractivity contribution in [2.45, 2.75) is 0 Å². The van der Waals surface area contributed by atoms with E-state index in [4.69, 9.17) is 11.6 Å². The maximum absolute atomic E-state index is 10.5. The van der Waals surface area contributed by atoms with Crippen molar-refractivity contribution < 1.29 is 4.79 Å². The summed E-state index contributed by atoms with van der Waals surface area (Å²) >= 11 is 7.34. The Hall–Kier alpha value is -1.12.